The minimum absolute atomic E-state index is 0.142. The minimum atomic E-state index is -0.608. The molecule has 0 atom stereocenters. The van der Waals surface area contributed by atoms with Crippen LogP contribution in [-0.2, 0) is 6.42 Å². The van der Waals surface area contributed by atoms with Gasteiger partial charge < -0.3 is 31.3 Å². The second-order valence-electron chi connectivity index (χ2n) is 9.50. The summed E-state index contributed by atoms with van der Waals surface area (Å²) in [5.41, 5.74) is 9.76. The number of nitrogens with one attached hydrogen (secondary N) is 2. The fourth-order valence-electron chi connectivity index (χ4n) is 4.72. The van der Waals surface area contributed by atoms with Gasteiger partial charge in [-0.25, -0.2) is 9.97 Å². The molecule has 0 unspecified atom stereocenters. The summed E-state index contributed by atoms with van der Waals surface area (Å²) in [6.07, 6.45) is 3.70. The molecule has 0 radical (unpaired) electrons. The minimum Gasteiger partial charge on any atom is -0.393 e. The lowest BCUT2D eigenvalue weighted by atomic mass is 9.93. The number of hydrogen-bond donors (Lipinski definition) is 4. The predicted octanol–water partition coefficient (Wildman–Crippen LogP) is 2.66. The highest BCUT2D eigenvalue weighted by Crippen LogP contribution is 2.29. The molecule has 34 heavy (non-hydrogen) atoms. The maximum absolute atomic E-state index is 12.2. The van der Waals surface area contributed by atoms with Crippen LogP contribution in [0.3, 0.4) is 0 Å². The van der Waals surface area contributed by atoms with Crippen LogP contribution < -0.4 is 21.3 Å². The fourth-order valence-corrected chi connectivity index (χ4v) is 4.72. The lowest BCUT2D eigenvalue weighted by Gasteiger charge is -2.35. The van der Waals surface area contributed by atoms with Crippen LogP contribution in [0.25, 0.3) is 0 Å². The fraction of sp³-hybridized carbons (Fsp3) is 0.560. The number of aryl methyl sites for hydroxylation is 2. The first-order chi connectivity index (χ1) is 16.3. The van der Waals surface area contributed by atoms with Crippen molar-refractivity contribution in [2.45, 2.75) is 58.1 Å². The molecule has 1 amide bonds. The van der Waals surface area contributed by atoms with Crippen molar-refractivity contribution >= 4 is 28.9 Å². The Bertz CT molecular complexity index is 1010. The average Bonchev–Trinajstić information content (AvgIpc) is 2.82. The predicted molar refractivity (Wildman–Crippen MR) is 136 cm³/mol. The number of hydrogen-bond acceptors (Lipinski definition) is 8. The molecular formula is C25H37N7O2. The molecule has 1 aromatic carbocycles. The topological polar surface area (TPSA) is 120 Å². The molecular weight excluding hydrogens is 430 g/mol. The summed E-state index contributed by atoms with van der Waals surface area (Å²) in [5.74, 6) is 0.419. The number of likely N-dealkylation sites (N-methyl/N-ethyl adjacent to an activating group) is 1. The number of piperazine rings is 1. The Balaban J connectivity index is 1.61. The van der Waals surface area contributed by atoms with Gasteiger partial charge in [-0.05, 0) is 63.8 Å². The quantitative estimate of drug-likeness (QED) is 0.491. The van der Waals surface area contributed by atoms with E-state index in [4.69, 9.17) is 10.7 Å². The van der Waals surface area contributed by atoms with Crippen LogP contribution in [0, 0.1) is 6.92 Å². The summed E-state index contributed by atoms with van der Waals surface area (Å²) < 4.78 is 0. The first-order valence-electron chi connectivity index (χ1n) is 12.3. The number of benzene rings is 1. The van der Waals surface area contributed by atoms with E-state index < -0.39 is 5.91 Å². The van der Waals surface area contributed by atoms with Gasteiger partial charge in [0.15, 0.2) is 11.5 Å². The zero-order valence-electron chi connectivity index (χ0n) is 20.5. The van der Waals surface area contributed by atoms with Gasteiger partial charge >= 0.3 is 0 Å². The van der Waals surface area contributed by atoms with Gasteiger partial charge in [-0.3, -0.25) is 4.79 Å². The third kappa shape index (κ3) is 5.59. The zero-order chi connectivity index (χ0) is 24.2. The van der Waals surface area contributed by atoms with Crippen LogP contribution in [0.15, 0.2) is 18.2 Å². The molecule has 2 heterocycles. The summed E-state index contributed by atoms with van der Waals surface area (Å²) in [4.78, 5) is 26.3. The highest BCUT2D eigenvalue weighted by Gasteiger charge is 2.23. The maximum atomic E-state index is 12.2. The van der Waals surface area contributed by atoms with E-state index in [2.05, 4.69) is 51.5 Å². The Kier molecular flexibility index (Phi) is 7.53. The summed E-state index contributed by atoms with van der Waals surface area (Å²) in [7, 11) is 2.15. The van der Waals surface area contributed by atoms with Crippen LogP contribution in [-0.4, -0.2) is 71.3 Å². The molecule has 5 N–H and O–H groups in total. The number of aliphatic hydroxyl groups excluding tert-OH is 1. The molecule has 2 fully saturated rings. The molecule has 2 aromatic rings. The Morgan fingerprint density at radius 2 is 1.82 bits per heavy atom. The SMILES string of the molecule is CCc1nc(C(N)=O)c(Nc2ccc(C)c(N3CCN(C)CC3)c2)nc1N[C@H]1CC[C@H](O)CC1. The van der Waals surface area contributed by atoms with E-state index >= 15 is 0 Å². The normalized spacial score (nSPS) is 21.4. The van der Waals surface area contributed by atoms with Crippen LogP contribution in [0.5, 0.6) is 0 Å². The number of nitrogens with zero attached hydrogens (tertiary/aromatic N) is 4. The van der Waals surface area contributed by atoms with E-state index in [1.165, 1.54) is 11.3 Å². The lowest BCUT2D eigenvalue weighted by molar-refractivity contribution is 0.0996. The molecule has 0 spiro atoms. The Hall–Kier alpha value is -2.91. The summed E-state index contributed by atoms with van der Waals surface area (Å²) in [6.45, 7) is 8.11. The van der Waals surface area contributed by atoms with Gasteiger partial charge in [-0.15, -0.1) is 0 Å². The van der Waals surface area contributed by atoms with Gasteiger partial charge in [0.25, 0.3) is 5.91 Å². The smallest absolute Gasteiger partial charge is 0.271 e. The molecule has 184 valence electrons. The molecule has 1 saturated carbocycles. The zero-order valence-corrected chi connectivity index (χ0v) is 20.5. The Morgan fingerprint density at radius 1 is 1.12 bits per heavy atom. The van der Waals surface area contributed by atoms with Crippen molar-refractivity contribution in [3.8, 4) is 0 Å². The number of anilines is 4. The Labute approximate surface area is 201 Å². The van der Waals surface area contributed by atoms with E-state index in [-0.39, 0.29) is 17.8 Å². The van der Waals surface area contributed by atoms with E-state index in [1.54, 1.807) is 0 Å². The second kappa shape index (κ2) is 10.6. The van der Waals surface area contributed by atoms with Crippen molar-refractivity contribution < 1.29 is 9.90 Å². The highest BCUT2D eigenvalue weighted by atomic mass is 16.3. The van der Waals surface area contributed by atoms with Crippen molar-refractivity contribution in [3.05, 3.63) is 35.2 Å². The van der Waals surface area contributed by atoms with Gasteiger partial charge in [-0.2, -0.15) is 0 Å². The second-order valence-corrected chi connectivity index (χ2v) is 9.50. The van der Waals surface area contributed by atoms with Crippen LogP contribution in [0.2, 0.25) is 0 Å². The molecule has 1 aliphatic carbocycles. The molecule has 1 aromatic heterocycles. The number of primary amides is 1. The van der Waals surface area contributed by atoms with Crippen molar-refractivity contribution in [2.75, 3.05) is 48.8 Å². The number of aliphatic hydroxyl groups is 1. The first kappa shape index (κ1) is 24.2. The van der Waals surface area contributed by atoms with E-state index in [0.717, 1.165) is 57.5 Å². The summed E-state index contributed by atoms with van der Waals surface area (Å²) >= 11 is 0. The van der Waals surface area contributed by atoms with E-state index in [9.17, 15) is 9.90 Å². The van der Waals surface area contributed by atoms with Crippen LogP contribution in [0.1, 0.15) is 54.4 Å². The van der Waals surface area contributed by atoms with Gasteiger partial charge in [0, 0.05) is 43.6 Å². The van der Waals surface area contributed by atoms with E-state index in [0.29, 0.717) is 23.8 Å². The first-order valence-corrected chi connectivity index (χ1v) is 12.3. The molecule has 2 aliphatic rings. The molecule has 9 heteroatoms. The molecule has 1 saturated heterocycles. The number of nitrogens with two attached hydrogens (primary N) is 1. The van der Waals surface area contributed by atoms with Gasteiger partial charge in [0.05, 0.1) is 11.8 Å². The molecule has 1 aliphatic heterocycles. The van der Waals surface area contributed by atoms with Gasteiger partial charge in [0.2, 0.25) is 0 Å². The number of aromatic nitrogens is 2. The summed E-state index contributed by atoms with van der Waals surface area (Å²) in [6, 6.07) is 6.40. The number of carbonyl (C=O) groups excluding carboxylic acids is 1. The number of carbonyl (C=O) groups is 1. The maximum Gasteiger partial charge on any atom is 0.271 e. The average molecular weight is 468 g/mol. The van der Waals surface area contributed by atoms with Crippen LogP contribution >= 0.6 is 0 Å². The third-order valence-corrected chi connectivity index (χ3v) is 6.89. The lowest BCUT2D eigenvalue weighted by Crippen LogP contribution is -2.44. The number of rotatable bonds is 7. The third-order valence-electron chi connectivity index (χ3n) is 6.89. The van der Waals surface area contributed by atoms with Crippen molar-refractivity contribution in [1.29, 1.82) is 0 Å². The standard InChI is InChI=1S/C25H37N7O2/c1-4-20-24(27-17-7-9-19(33)10-8-17)30-25(22(29-20)23(26)34)28-18-6-5-16(2)21(15-18)32-13-11-31(3)12-14-32/h5-6,15,17,19,33H,4,7-14H2,1-3H3,(H2,26,34)(H2,27,28,30)/t17-,19-. The molecule has 4 rings (SSSR count). The molecule has 9 nitrogen and oxygen atoms in total. The van der Waals surface area contributed by atoms with E-state index in [1.807, 2.05) is 13.0 Å². The number of amides is 1. The van der Waals surface area contributed by atoms with Crippen molar-refractivity contribution in [2.24, 2.45) is 5.73 Å². The van der Waals surface area contributed by atoms with Crippen LogP contribution in [0.4, 0.5) is 23.0 Å². The largest absolute Gasteiger partial charge is 0.393 e. The van der Waals surface area contributed by atoms with Gasteiger partial charge in [-0.1, -0.05) is 13.0 Å². The van der Waals surface area contributed by atoms with Crippen molar-refractivity contribution in [3.63, 3.8) is 0 Å². The monoisotopic (exact) mass is 467 g/mol. The molecule has 0 bridgehead atoms. The highest BCUT2D eigenvalue weighted by molar-refractivity contribution is 5.96. The Morgan fingerprint density at radius 3 is 2.47 bits per heavy atom. The van der Waals surface area contributed by atoms with Crippen molar-refractivity contribution in [1.82, 2.24) is 14.9 Å². The van der Waals surface area contributed by atoms with Gasteiger partial charge in [0.1, 0.15) is 5.82 Å². The summed E-state index contributed by atoms with van der Waals surface area (Å²) in [5, 5.41) is 16.6.